The van der Waals surface area contributed by atoms with Gasteiger partial charge in [-0.05, 0) is 82.4 Å². The molecule has 3 heterocycles. The largest absolute Gasteiger partial charge is 0.417 e. The monoisotopic (exact) mass is 703 g/mol. The number of aliphatic hydroxyl groups is 3. The maximum absolute atomic E-state index is 13.5. The molecule has 50 heavy (non-hydrogen) atoms. The lowest BCUT2D eigenvalue weighted by Gasteiger charge is -2.53. The Kier molecular flexibility index (Phi) is 14.9. The van der Waals surface area contributed by atoms with Crippen LogP contribution in [0.25, 0.3) is 0 Å². The van der Waals surface area contributed by atoms with Gasteiger partial charge in [0, 0.05) is 39.0 Å². The van der Waals surface area contributed by atoms with E-state index in [2.05, 4.69) is 0 Å². The molecule has 280 valence electrons. The van der Waals surface area contributed by atoms with Crippen LogP contribution in [0.1, 0.15) is 86.5 Å². The Labute approximate surface area is 296 Å². The van der Waals surface area contributed by atoms with Crippen molar-refractivity contribution in [1.82, 2.24) is 4.90 Å². The number of cyclic esters (lactones) is 1. The summed E-state index contributed by atoms with van der Waals surface area (Å²) in [4.78, 5) is 52.0. The number of aliphatic hydroxyl groups excluding tert-OH is 1. The van der Waals surface area contributed by atoms with Gasteiger partial charge in [0.1, 0.15) is 18.2 Å². The molecule has 0 spiro atoms. The molecule has 3 aliphatic heterocycles. The predicted octanol–water partition coefficient (Wildman–Crippen LogP) is 3.72. The summed E-state index contributed by atoms with van der Waals surface area (Å²) in [6.07, 6.45) is 11.3. The van der Waals surface area contributed by atoms with Gasteiger partial charge in [-0.1, -0.05) is 51.2 Å². The average Bonchev–Trinajstić information content (AvgIpc) is 3.07. The third-order valence-electron chi connectivity index (χ3n) is 10.2. The van der Waals surface area contributed by atoms with E-state index in [9.17, 15) is 34.5 Å². The fourth-order valence-electron chi connectivity index (χ4n) is 7.16. The number of morpholine rings is 1. The standard InChI is InChI=1S/C38H57NO11/c1-23(20-25(3)32(41)34(48-8)33(42)26(4)21-28(6)40)14-10-9-11-15-24(2)31(47-7)22-29-18-17-27(5)37(45,49-29)38(46)36(44)39-19-13-12-16-30(39)35(43)50-38/h9-11,14-15,21,23,25,27,29-31,33-34,42,45-46H,12-13,16-20,22H2,1-8H3/b11-9+,14-10+,24-15+,26-21+/t23-,25-,27-,29+,30+,31?,33-,34+,37-,38?/m1/s1. The number of carbonyl (C=O) groups excluding carboxylic acids is 4. The topological polar surface area (TPSA) is 169 Å². The number of nitrogens with zero attached hydrogens (tertiary/aromatic N) is 1. The van der Waals surface area contributed by atoms with Gasteiger partial charge >= 0.3 is 17.7 Å². The number of amides is 1. The Hall–Kier alpha value is -3.00. The average molecular weight is 704 g/mol. The van der Waals surface area contributed by atoms with Crippen molar-refractivity contribution in [3.05, 3.63) is 47.6 Å². The van der Waals surface area contributed by atoms with Crippen LogP contribution in [0.15, 0.2) is 47.6 Å². The second kappa shape index (κ2) is 18.0. The fraction of sp³-hybridized carbons (Fsp3) is 0.684. The van der Waals surface area contributed by atoms with Crippen LogP contribution in [0.3, 0.4) is 0 Å². The molecule has 0 bridgehead atoms. The zero-order chi connectivity index (χ0) is 37.4. The number of ether oxygens (including phenoxy) is 4. The molecular weight excluding hydrogens is 646 g/mol. The first-order valence-corrected chi connectivity index (χ1v) is 17.6. The lowest BCUT2D eigenvalue weighted by atomic mass is 9.81. The molecule has 3 aliphatic rings. The highest BCUT2D eigenvalue weighted by atomic mass is 16.7. The molecule has 3 N–H and O–H groups in total. The van der Waals surface area contributed by atoms with Crippen molar-refractivity contribution >= 4 is 23.4 Å². The smallest absolute Gasteiger partial charge is 0.346 e. The first-order chi connectivity index (χ1) is 23.5. The number of allylic oxidation sites excluding steroid dienone is 6. The molecule has 3 fully saturated rings. The maximum atomic E-state index is 13.5. The van der Waals surface area contributed by atoms with E-state index >= 15 is 0 Å². The summed E-state index contributed by atoms with van der Waals surface area (Å²) >= 11 is 0. The van der Waals surface area contributed by atoms with Crippen molar-refractivity contribution in [2.24, 2.45) is 17.8 Å². The lowest BCUT2D eigenvalue weighted by Crippen LogP contribution is -2.75. The van der Waals surface area contributed by atoms with Crippen molar-refractivity contribution < 1.29 is 53.4 Å². The van der Waals surface area contributed by atoms with Crippen LogP contribution >= 0.6 is 0 Å². The minimum Gasteiger partial charge on any atom is -0.417 e. The third-order valence-corrected chi connectivity index (χ3v) is 10.2. The molecular formula is C38H57NO11. The summed E-state index contributed by atoms with van der Waals surface area (Å²) in [5.74, 6) is -8.35. The summed E-state index contributed by atoms with van der Waals surface area (Å²) in [6.45, 7) is 10.6. The van der Waals surface area contributed by atoms with Gasteiger partial charge in [-0.3, -0.25) is 14.4 Å². The van der Waals surface area contributed by atoms with E-state index in [0.29, 0.717) is 50.6 Å². The van der Waals surface area contributed by atoms with Crippen LogP contribution in [0, 0.1) is 17.8 Å². The van der Waals surface area contributed by atoms with Crippen LogP contribution < -0.4 is 0 Å². The number of Topliss-reactive ketones (excluding diaryl/α,β-unsaturated/α-hetero) is 1. The second-order valence-corrected chi connectivity index (χ2v) is 14.2. The lowest BCUT2D eigenvalue weighted by molar-refractivity contribution is -0.403. The molecule has 12 heteroatoms. The Morgan fingerprint density at radius 1 is 1.00 bits per heavy atom. The highest BCUT2D eigenvalue weighted by Crippen LogP contribution is 2.45. The summed E-state index contributed by atoms with van der Waals surface area (Å²) in [7, 11) is 2.93. The van der Waals surface area contributed by atoms with Crippen molar-refractivity contribution in [3.63, 3.8) is 0 Å². The minimum absolute atomic E-state index is 0.0504. The number of carbonyl (C=O) groups is 4. The SMILES string of the molecule is COC(C[C@@H]1CC[C@@H](C)[C@](O)(C2(O)OC(=O)[C@@H]3CCCCN3C2=O)O1)/C(C)=C/C=C/C=C/[C@@H](C)C[C@@H](C)C(=O)[C@H](OC)[C@H](O)/C(C)=C/C(C)=O. The van der Waals surface area contributed by atoms with Crippen molar-refractivity contribution in [1.29, 1.82) is 0 Å². The van der Waals surface area contributed by atoms with Crippen molar-refractivity contribution in [3.8, 4) is 0 Å². The van der Waals surface area contributed by atoms with Crippen LogP contribution in [0.5, 0.6) is 0 Å². The number of esters is 1. The Balaban J connectivity index is 1.59. The quantitative estimate of drug-likeness (QED) is 0.122. The van der Waals surface area contributed by atoms with E-state index in [0.717, 1.165) is 12.0 Å². The molecule has 3 rings (SSSR count). The molecule has 3 saturated heterocycles. The number of hydrogen-bond donors (Lipinski definition) is 3. The van der Waals surface area contributed by atoms with Crippen LogP contribution in [-0.2, 0) is 38.1 Å². The van der Waals surface area contributed by atoms with Gasteiger partial charge in [-0.25, -0.2) is 4.79 Å². The Morgan fingerprint density at radius 2 is 1.70 bits per heavy atom. The van der Waals surface area contributed by atoms with Gasteiger partial charge in [0.2, 0.25) is 5.79 Å². The highest BCUT2D eigenvalue weighted by molar-refractivity contribution is 5.95. The highest BCUT2D eigenvalue weighted by Gasteiger charge is 2.69. The van der Waals surface area contributed by atoms with Gasteiger partial charge < -0.3 is 39.2 Å². The first kappa shape index (κ1) is 41.4. The third kappa shape index (κ3) is 9.45. The minimum atomic E-state index is -2.85. The van der Waals surface area contributed by atoms with Crippen LogP contribution in [0.4, 0.5) is 0 Å². The fourth-order valence-corrected chi connectivity index (χ4v) is 7.16. The molecule has 1 amide bonds. The second-order valence-electron chi connectivity index (χ2n) is 14.2. The van der Waals surface area contributed by atoms with E-state index in [4.69, 9.17) is 18.9 Å². The van der Waals surface area contributed by atoms with Gasteiger partial charge in [-0.2, -0.15) is 0 Å². The maximum Gasteiger partial charge on any atom is 0.346 e. The molecule has 0 aliphatic carbocycles. The van der Waals surface area contributed by atoms with E-state index in [1.807, 2.05) is 44.2 Å². The zero-order valence-corrected chi connectivity index (χ0v) is 30.8. The summed E-state index contributed by atoms with van der Waals surface area (Å²) in [5, 5.41) is 33.8. The van der Waals surface area contributed by atoms with Gasteiger partial charge in [0.05, 0.1) is 12.2 Å². The van der Waals surface area contributed by atoms with E-state index in [1.54, 1.807) is 27.9 Å². The molecule has 0 aromatic carbocycles. The Morgan fingerprint density at radius 3 is 2.34 bits per heavy atom. The number of hydrogen-bond acceptors (Lipinski definition) is 11. The first-order valence-electron chi connectivity index (χ1n) is 17.6. The normalized spacial score (nSPS) is 31.3. The number of rotatable bonds is 16. The molecule has 0 aromatic rings. The van der Waals surface area contributed by atoms with Gasteiger partial charge in [0.15, 0.2) is 11.6 Å². The molecule has 2 unspecified atom stereocenters. The summed E-state index contributed by atoms with van der Waals surface area (Å²) in [5.41, 5.74) is 1.25. The van der Waals surface area contributed by atoms with Gasteiger partial charge in [0.25, 0.3) is 0 Å². The number of methoxy groups -OCH3 is 2. The Bertz CT molecular complexity index is 1350. The van der Waals surface area contributed by atoms with E-state index in [1.165, 1.54) is 25.0 Å². The number of piperidine rings is 1. The molecule has 0 saturated carbocycles. The van der Waals surface area contributed by atoms with E-state index < -0.39 is 59.8 Å². The predicted molar refractivity (Wildman–Crippen MR) is 185 cm³/mol. The summed E-state index contributed by atoms with van der Waals surface area (Å²) < 4.78 is 22.4. The number of ketones is 2. The molecule has 0 radical (unpaired) electrons. The summed E-state index contributed by atoms with van der Waals surface area (Å²) in [6, 6.07) is -0.764. The van der Waals surface area contributed by atoms with Crippen molar-refractivity contribution in [2.75, 3.05) is 20.8 Å². The molecule has 0 aromatic heterocycles. The van der Waals surface area contributed by atoms with Crippen molar-refractivity contribution in [2.45, 2.75) is 129 Å². The molecule has 12 nitrogen and oxygen atoms in total. The zero-order valence-electron chi connectivity index (χ0n) is 30.8. The van der Waals surface area contributed by atoms with Gasteiger partial charge in [-0.15, -0.1) is 0 Å². The molecule has 10 atom stereocenters. The van der Waals surface area contributed by atoms with Crippen LogP contribution in [-0.4, -0.2) is 106 Å². The van der Waals surface area contributed by atoms with E-state index in [-0.39, 0.29) is 23.4 Å². The number of fused-ring (bicyclic) bond motifs is 1. The van der Waals surface area contributed by atoms with Crippen LogP contribution in [0.2, 0.25) is 0 Å².